The Bertz CT molecular complexity index is 2930. The standard InChI is InChI=1S/C37H29ClF6N8O6S/c1-50-30-25(7-6-22(38)28(30)33(48-50)49-59(3,56)57)52-34(46-23-11-16(36(55)58-2)4-5-19(23)35(52)54)24(10-15-8-17(39)12-18(40)9-15)45-26(53)14-51-31-27(29(47-51)32(41)42)20-13-21(20)37(31,43)44/h4-9,11-12,20-21,24,32H,10,13-14H2,1-3H3,(H,45,53)(H,48,49)/t20-,21+,24?/m0/s1. The molecule has 0 bridgehead atoms. The van der Waals surface area contributed by atoms with E-state index >= 15 is 8.78 Å². The molecule has 3 heterocycles. The first-order valence-electron chi connectivity index (χ1n) is 17.6. The number of esters is 1. The third-order valence-electron chi connectivity index (χ3n) is 10.2. The summed E-state index contributed by atoms with van der Waals surface area (Å²) in [6.45, 7) is -1.02. The Morgan fingerprint density at radius 3 is 2.44 bits per heavy atom. The van der Waals surface area contributed by atoms with E-state index in [1.54, 1.807) is 0 Å². The fourth-order valence-electron chi connectivity index (χ4n) is 7.82. The molecule has 0 spiro atoms. The number of hydrogen-bond acceptors (Lipinski definition) is 9. The molecule has 2 N–H and O–H groups in total. The van der Waals surface area contributed by atoms with Gasteiger partial charge >= 0.3 is 5.97 Å². The number of ether oxygens (including phenoxy) is 1. The van der Waals surface area contributed by atoms with Crippen molar-refractivity contribution < 1.29 is 49.1 Å². The molecule has 0 saturated heterocycles. The summed E-state index contributed by atoms with van der Waals surface area (Å²) in [5, 5.41) is 10.5. The molecule has 22 heteroatoms. The number of halogens is 7. The largest absolute Gasteiger partial charge is 0.465 e. The average molecular weight is 863 g/mol. The number of amides is 1. The minimum atomic E-state index is -3.93. The van der Waals surface area contributed by atoms with Gasteiger partial charge in [-0.3, -0.25) is 28.2 Å². The van der Waals surface area contributed by atoms with E-state index in [0.717, 1.165) is 30.1 Å². The monoisotopic (exact) mass is 862 g/mol. The molecule has 0 radical (unpaired) electrons. The molecule has 0 aliphatic heterocycles. The normalized spacial score (nSPS) is 17.3. The summed E-state index contributed by atoms with van der Waals surface area (Å²) < 4.78 is 123. The fraction of sp³-hybridized carbons (Fsp3) is 0.297. The summed E-state index contributed by atoms with van der Waals surface area (Å²) in [6.07, 6.45) is -2.88. The molecule has 3 aromatic carbocycles. The highest BCUT2D eigenvalue weighted by molar-refractivity contribution is 7.92. The lowest BCUT2D eigenvalue weighted by atomic mass is 10.0. The lowest BCUT2D eigenvalue weighted by Gasteiger charge is -2.24. The highest BCUT2D eigenvalue weighted by Gasteiger charge is 2.67. The van der Waals surface area contributed by atoms with E-state index in [9.17, 15) is 40.4 Å². The Balaban J connectivity index is 1.34. The van der Waals surface area contributed by atoms with Crippen LogP contribution >= 0.6 is 11.6 Å². The number of alkyl halides is 4. The molecular formula is C37H29ClF6N8O6S. The number of carbonyl (C=O) groups is 2. The second-order valence-corrected chi connectivity index (χ2v) is 16.4. The first-order chi connectivity index (χ1) is 27.8. The van der Waals surface area contributed by atoms with Crippen LogP contribution in [0.2, 0.25) is 5.02 Å². The summed E-state index contributed by atoms with van der Waals surface area (Å²) >= 11 is 6.57. The fourth-order valence-corrected chi connectivity index (χ4v) is 8.56. The lowest BCUT2D eigenvalue weighted by Crippen LogP contribution is -2.38. The van der Waals surface area contributed by atoms with Gasteiger partial charge in [0.05, 0.1) is 57.5 Å². The van der Waals surface area contributed by atoms with Crippen molar-refractivity contribution >= 4 is 61.1 Å². The van der Waals surface area contributed by atoms with Crippen LogP contribution in [-0.4, -0.2) is 62.8 Å². The van der Waals surface area contributed by atoms with Crippen molar-refractivity contribution in [2.75, 3.05) is 18.1 Å². The van der Waals surface area contributed by atoms with E-state index in [2.05, 4.69) is 25.2 Å². The zero-order valence-electron chi connectivity index (χ0n) is 30.7. The van der Waals surface area contributed by atoms with E-state index < -0.39 is 93.7 Å². The molecule has 59 heavy (non-hydrogen) atoms. The predicted octanol–water partition coefficient (Wildman–Crippen LogP) is 5.81. The lowest BCUT2D eigenvalue weighted by molar-refractivity contribution is -0.123. The number of nitrogens with one attached hydrogen (secondary N) is 2. The van der Waals surface area contributed by atoms with Crippen LogP contribution in [0.1, 0.15) is 63.5 Å². The van der Waals surface area contributed by atoms with E-state index in [0.29, 0.717) is 10.7 Å². The molecule has 2 aliphatic rings. The van der Waals surface area contributed by atoms with Crippen molar-refractivity contribution in [1.82, 2.24) is 34.4 Å². The molecule has 1 unspecified atom stereocenters. The van der Waals surface area contributed by atoms with E-state index in [4.69, 9.17) is 16.3 Å². The van der Waals surface area contributed by atoms with Gasteiger partial charge in [0.2, 0.25) is 15.9 Å². The first kappa shape index (κ1) is 39.8. The zero-order chi connectivity index (χ0) is 42.5. The summed E-state index contributed by atoms with van der Waals surface area (Å²) in [6, 6.07) is 7.38. The number of carbonyl (C=O) groups excluding carboxylic acids is 2. The molecule has 8 rings (SSSR count). The highest BCUT2D eigenvalue weighted by atomic mass is 35.5. The molecule has 308 valence electrons. The Hall–Kier alpha value is -5.96. The number of aromatic nitrogens is 6. The van der Waals surface area contributed by atoms with Crippen LogP contribution < -0.4 is 15.6 Å². The first-order valence-corrected chi connectivity index (χ1v) is 19.8. The average Bonchev–Trinajstić information content (AvgIpc) is 3.69. The van der Waals surface area contributed by atoms with E-state index in [1.807, 2.05) is 0 Å². The second kappa shape index (κ2) is 14.1. The van der Waals surface area contributed by atoms with E-state index in [-0.39, 0.29) is 67.3 Å². The summed E-state index contributed by atoms with van der Waals surface area (Å²) in [7, 11) is -1.38. The number of rotatable bonds is 11. The Labute approximate surface area is 333 Å². The minimum absolute atomic E-state index is 0.00137. The third-order valence-corrected chi connectivity index (χ3v) is 11.1. The Morgan fingerprint density at radius 1 is 1.07 bits per heavy atom. The number of sulfonamides is 1. The third kappa shape index (κ3) is 6.94. The van der Waals surface area contributed by atoms with Crippen LogP contribution in [0.5, 0.6) is 0 Å². The zero-order valence-corrected chi connectivity index (χ0v) is 32.3. The molecule has 6 aromatic rings. The van der Waals surface area contributed by atoms with Crippen LogP contribution in [0.3, 0.4) is 0 Å². The van der Waals surface area contributed by atoms with Crippen molar-refractivity contribution in [1.29, 1.82) is 0 Å². The molecular weight excluding hydrogens is 834 g/mol. The smallest absolute Gasteiger partial charge is 0.337 e. The van der Waals surface area contributed by atoms with Gasteiger partial charge in [-0.05, 0) is 60.4 Å². The number of anilines is 1. The predicted molar refractivity (Wildman–Crippen MR) is 199 cm³/mol. The Morgan fingerprint density at radius 2 is 1.78 bits per heavy atom. The van der Waals surface area contributed by atoms with Gasteiger partial charge in [-0.15, -0.1) is 0 Å². The highest BCUT2D eigenvalue weighted by Crippen LogP contribution is 2.68. The van der Waals surface area contributed by atoms with Gasteiger partial charge in [0.15, 0.2) is 5.82 Å². The second-order valence-electron chi connectivity index (χ2n) is 14.3. The quantitative estimate of drug-likeness (QED) is 0.121. The van der Waals surface area contributed by atoms with Crippen molar-refractivity contribution in [2.45, 2.75) is 43.7 Å². The van der Waals surface area contributed by atoms with Gasteiger partial charge in [0.1, 0.15) is 35.4 Å². The number of hydrogen-bond donors (Lipinski definition) is 2. The maximum atomic E-state index is 15.4. The number of benzene rings is 3. The maximum Gasteiger partial charge on any atom is 0.337 e. The van der Waals surface area contributed by atoms with E-state index in [1.165, 1.54) is 42.1 Å². The molecule has 1 fully saturated rings. The Kier molecular flexibility index (Phi) is 9.53. The summed E-state index contributed by atoms with van der Waals surface area (Å²) in [5.41, 5.74) is -3.05. The molecule has 3 atom stereocenters. The number of nitrogens with zero attached hydrogens (tertiary/aromatic N) is 6. The van der Waals surface area contributed by atoms with Crippen LogP contribution in [0.25, 0.3) is 27.5 Å². The molecule has 1 amide bonds. The van der Waals surface area contributed by atoms with Gasteiger partial charge in [-0.25, -0.2) is 35.8 Å². The van der Waals surface area contributed by atoms with Crippen LogP contribution in [0, 0.1) is 17.6 Å². The number of fused-ring (bicyclic) bond motifs is 5. The van der Waals surface area contributed by atoms with Crippen molar-refractivity contribution in [3.05, 3.63) is 109 Å². The van der Waals surface area contributed by atoms with Gasteiger partial charge in [0.25, 0.3) is 17.9 Å². The van der Waals surface area contributed by atoms with Crippen LogP contribution in [0.15, 0.2) is 53.3 Å². The molecule has 1 saturated carbocycles. The van der Waals surface area contributed by atoms with Crippen LogP contribution in [0.4, 0.5) is 32.2 Å². The summed E-state index contributed by atoms with van der Waals surface area (Å²) in [4.78, 5) is 46.0. The van der Waals surface area contributed by atoms with Crippen LogP contribution in [-0.2, 0) is 45.5 Å². The molecule has 3 aromatic heterocycles. The molecule has 14 nitrogen and oxygen atoms in total. The summed E-state index contributed by atoms with van der Waals surface area (Å²) in [5.74, 6) is -10.1. The number of methoxy groups -OCH3 is 1. The maximum absolute atomic E-state index is 15.4. The SMILES string of the molecule is COC(=O)c1ccc2c(=O)n(-c3ccc(Cl)c4c(NS(C)(=O)=O)nn(C)c34)c(C(Cc3cc(F)cc(F)c3)NC(=O)Cn3nc(C(F)F)c4c3C(F)(F)[C@@H]3C[C@H]43)nc2c1. The van der Waals surface area contributed by atoms with Crippen molar-refractivity contribution in [2.24, 2.45) is 13.0 Å². The number of aryl methyl sites for hydroxylation is 1. The minimum Gasteiger partial charge on any atom is -0.465 e. The van der Waals surface area contributed by atoms with Crippen molar-refractivity contribution in [3.8, 4) is 5.69 Å². The molecule has 2 aliphatic carbocycles. The van der Waals surface area contributed by atoms with Gasteiger partial charge in [-0.2, -0.15) is 19.0 Å². The van der Waals surface area contributed by atoms with Gasteiger partial charge in [-0.1, -0.05) is 11.6 Å². The topological polar surface area (TPSA) is 172 Å². The van der Waals surface area contributed by atoms with Crippen molar-refractivity contribution in [3.63, 3.8) is 0 Å². The van der Waals surface area contributed by atoms with Gasteiger partial charge in [0, 0.05) is 31.0 Å². The van der Waals surface area contributed by atoms with Gasteiger partial charge < -0.3 is 10.1 Å².